The van der Waals surface area contributed by atoms with Crippen molar-refractivity contribution in [3.63, 3.8) is 0 Å². The molecular weight excluding hydrogens is 325 g/mol. The van der Waals surface area contributed by atoms with Crippen LogP contribution in [0, 0.1) is 18.7 Å². The Kier molecular flexibility index (Phi) is 5.37. The van der Waals surface area contributed by atoms with Crippen LogP contribution in [-0.2, 0) is 11.2 Å². The van der Waals surface area contributed by atoms with Crippen LogP contribution in [0.4, 0.5) is 4.39 Å². The SMILES string of the molecule is Cc1nnnn1C(Cc1ccc(F)cc1)C(=O)N1CCC(CO)CC1. The predicted molar refractivity (Wildman–Crippen MR) is 88.1 cm³/mol. The number of aryl methyl sites for hydroxylation is 1. The van der Waals surface area contributed by atoms with Crippen LogP contribution in [0.5, 0.6) is 0 Å². The normalized spacial score (nSPS) is 16.8. The molecule has 2 aromatic rings. The molecule has 1 saturated heterocycles. The van der Waals surface area contributed by atoms with E-state index in [1.807, 2.05) is 4.90 Å². The van der Waals surface area contributed by atoms with Gasteiger partial charge in [-0.25, -0.2) is 9.07 Å². The molecule has 134 valence electrons. The number of aliphatic hydroxyl groups excluding tert-OH is 1. The highest BCUT2D eigenvalue weighted by molar-refractivity contribution is 5.80. The molecule has 25 heavy (non-hydrogen) atoms. The van der Waals surface area contributed by atoms with Crippen molar-refractivity contribution in [3.8, 4) is 0 Å². The summed E-state index contributed by atoms with van der Waals surface area (Å²) in [5.41, 5.74) is 0.847. The highest BCUT2D eigenvalue weighted by Gasteiger charge is 2.31. The van der Waals surface area contributed by atoms with Crippen molar-refractivity contribution in [3.05, 3.63) is 41.5 Å². The van der Waals surface area contributed by atoms with Gasteiger partial charge in [-0.15, -0.1) is 5.10 Å². The molecular formula is C17H22FN5O2. The minimum Gasteiger partial charge on any atom is -0.396 e. The van der Waals surface area contributed by atoms with Crippen LogP contribution in [0.3, 0.4) is 0 Å². The molecule has 0 radical (unpaired) electrons. The Morgan fingerprint density at radius 1 is 1.32 bits per heavy atom. The molecule has 1 aliphatic heterocycles. The Hall–Kier alpha value is -2.35. The minimum atomic E-state index is -0.564. The minimum absolute atomic E-state index is 0.0453. The molecule has 0 saturated carbocycles. The van der Waals surface area contributed by atoms with Gasteiger partial charge in [0.05, 0.1) is 0 Å². The van der Waals surface area contributed by atoms with Crippen molar-refractivity contribution in [2.75, 3.05) is 19.7 Å². The number of aromatic nitrogens is 4. The number of carbonyl (C=O) groups excluding carboxylic acids is 1. The summed E-state index contributed by atoms with van der Waals surface area (Å²) >= 11 is 0. The van der Waals surface area contributed by atoms with E-state index in [4.69, 9.17) is 0 Å². The van der Waals surface area contributed by atoms with E-state index >= 15 is 0 Å². The number of likely N-dealkylation sites (tertiary alicyclic amines) is 1. The zero-order valence-corrected chi connectivity index (χ0v) is 14.2. The molecule has 1 atom stereocenters. The molecule has 1 aromatic carbocycles. The molecule has 8 heteroatoms. The Labute approximate surface area is 145 Å². The molecule has 2 heterocycles. The van der Waals surface area contributed by atoms with Gasteiger partial charge in [-0.1, -0.05) is 12.1 Å². The molecule has 0 bridgehead atoms. The molecule has 7 nitrogen and oxygen atoms in total. The van der Waals surface area contributed by atoms with Crippen LogP contribution in [0.25, 0.3) is 0 Å². The van der Waals surface area contributed by atoms with Gasteiger partial charge in [0, 0.05) is 26.1 Å². The Balaban J connectivity index is 1.80. The molecule has 1 aliphatic rings. The molecule has 1 aromatic heterocycles. The van der Waals surface area contributed by atoms with E-state index in [9.17, 15) is 14.3 Å². The van der Waals surface area contributed by atoms with Crippen molar-refractivity contribution in [2.24, 2.45) is 5.92 Å². The Morgan fingerprint density at radius 3 is 2.56 bits per heavy atom. The van der Waals surface area contributed by atoms with Crippen molar-refractivity contribution in [1.82, 2.24) is 25.1 Å². The monoisotopic (exact) mass is 347 g/mol. The first-order valence-corrected chi connectivity index (χ1v) is 8.47. The number of amides is 1. The summed E-state index contributed by atoms with van der Waals surface area (Å²) in [6.07, 6.45) is 1.98. The number of aliphatic hydroxyl groups is 1. The molecule has 1 fully saturated rings. The van der Waals surface area contributed by atoms with Crippen LogP contribution in [0.15, 0.2) is 24.3 Å². The highest BCUT2D eigenvalue weighted by atomic mass is 19.1. The number of carbonyl (C=O) groups is 1. The van der Waals surface area contributed by atoms with Crippen LogP contribution < -0.4 is 0 Å². The Morgan fingerprint density at radius 2 is 2.00 bits per heavy atom. The molecule has 3 rings (SSSR count). The quantitative estimate of drug-likeness (QED) is 0.877. The summed E-state index contributed by atoms with van der Waals surface area (Å²) in [5.74, 6) is 0.465. The largest absolute Gasteiger partial charge is 0.396 e. The van der Waals surface area contributed by atoms with Gasteiger partial charge in [-0.3, -0.25) is 4.79 Å². The number of hydrogen-bond acceptors (Lipinski definition) is 5. The first kappa shape index (κ1) is 17.5. The number of nitrogens with zero attached hydrogens (tertiary/aromatic N) is 5. The summed E-state index contributed by atoms with van der Waals surface area (Å²) in [5, 5.41) is 20.8. The standard InChI is InChI=1S/C17H22FN5O2/c1-12-19-20-21-23(12)16(10-13-2-4-15(18)5-3-13)17(25)22-8-6-14(11-24)7-9-22/h2-5,14,16,24H,6-11H2,1H3. The number of tetrazole rings is 1. The Bertz CT molecular complexity index is 710. The lowest BCUT2D eigenvalue weighted by molar-refractivity contribution is -0.136. The van der Waals surface area contributed by atoms with E-state index in [2.05, 4.69) is 15.5 Å². The van der Waals surface area contributed by atoms with Crippen LogP contribution in [0.2, 0.25) is 0 Å². The van der Waals surface area contributed by atoms with Crippen molar-refractivity contribution in [1.29, 1.82) is 0 Å². The third-order valence-corrected chi connectivity index (χ3v) is 4.76. The topological polar surface area (TPSA) is 84.1 Å². The third kappa shape index (κ3) is 4.01. The maximum atomic E-state index is 13.1. The summed E-state index contributed by atoms with van der Waals surface area (Å²) in [7, 11) is 0. The fraction of sp³-hybridized carbons (Fsp3) is 0.529. The average Bonchev–Trinajstić information content (AvgIpc) is 3.06. The van der Waals surface area contributed by atoms with E-state index in [-0.39, 0.29) is 24.2 Å². The van der Waals surface area contributed by atoms with Crippen molar-refractivity contribution < 1.29 is 14.3 Å². The van der Waals surface area contributed by atoms with Crippen LogP contribution in [-0.4, -0.2) is 55.8 Å². The number of rotatable bonds is 5. The van der Waals surface area contributed by atoms with Gasteiger partial charge in [0.2, 0.25) is 5.91 Å². The second kappa shape index (κ2) is 7.69. The number of halogens is 1. The number of hydrogen-bond donors (Lipinski definition) is 1. The first-order valence-electron chi connectivity index (χ1n) is 8.47. The zero-order chi connectivity index (χ0) is 17.8. The van der Waals surface area contributed by atoms with Gasteiger partial charge in [-0.05, 0) is 53.8 Å². The van der Waals surface area contributed by atoms with Crippen molar-refractivity contribution >= 4 is 5.91 Å². The average molecular weight is 347 g/mol. The maximum Gasteiger partial charge on any atom is 0.247 e. The summed E-state index contributed by atoms with van der Waals surface area (Å²) in [6, 6.07) is 5.55. The zero-order valence-electron chi connectivity index (χ0n) is 14.2. The summed E-state index contributed by atoms with van der Waals surface area (Å²) in [4.78, 5) is 14.9. The van der Waals surface area contributed by atoms with E-state index in [0.29, 0.717) is 25.3 Å². The van der Waals surface area contributed by atoms with Crippen molar-refractivity contribution in [2.45, 2.75) is 32.2 Å². The molecule has 1 amide bonds. The fourth-order valence-electron chi connectivity index (χ4n) is 3.20. The molecule has 1 N–H and O–H groups in total. The van der Waals surface area contributed by atoms with E-state index < -0.39 is 6.04 Å². The smallest absolute Gasteiger partial charge is 0.247 e. The molecule has 0 spiro atoms. The van der Waals surface area contributed by atoms with Gasteiger partial charge in [0.25, 0.3) is 0 Å². The maximum absolute atomic E-state index is 13.1. The fourth-order valence-corrected chi connectivity index (χ4v) is 3.20. The second-order valence-electron chi connectivity index (χ2n) is 6.47. The lowest BCUT2D eigenvalue weighted by Gasteiger charge is -2.33. The van der Waals surface area contributed by atoms with E-state index in [0.717, 1.165) is 18.4 Å². The summed E-state index contributed by atoms with van der Waals surface area (Å²) in [6.45, 7) is 3.15. The van der Waals surface area contributed by atoms with Gasteiger partial charge < -0.3 is 10.0 Å². The van der Waals surface area contributed by atoms with Gasteiger partial charge in [-0.2, -0.15) is 0 Å². The van der Waals surface area contributed by atoms with Gasteiger partial charge in [0.15, 0.2) is 0 Å². The second-order valence-corrected chi connectivity index (χ2v) is 6.47. The number of benzene rings is 1. The van der Waals surface area contributed by atoms with Gasteiger partial charge >= 0.3 is 0 Å². The lowest BCUT2D eigenvalue weighted by Crippen LogP contribution is -2.44. The molecule has 0 aliphatic carbocycles. The lowest BCUT2D eigenvalue weighted by atomic mass is 9.96. The predicted octanol–water partition coefficient (Wildman–Crippen LogP) is 1.14. The van der Waals surface area contributed by atoms with Gasteiger partial charge in [0.1, 0.15) is 17.7 Å². The summed E-state index contributed by atoms with van der Waals surface area (Å²) < 4.78 is 14.7. The van der Waals surface area contributed by atoms with E-state index in [1.54, 1.807) is 19.1 Å². The molecule has 1 unspecified atom stereocenters. The van der Waals surface area contributed by atoms with Crippen LogP contribution >= 0.6 is 0 Å². The first-order chi connectivity index (χ1) is 12.1. The number of piperidine rings is 1. The highest BCUT2D eigenvalue weighted by Crippen LogP contribution is 2.22. The third-order valence-electron chi connectivity index (χ3n) is 4.76. The van der Waals surface area contributed by atoms with E-state index in [1.165, 1.54) is 16.8 Å². The van der Waals surface area contributed by atoms with Crippen LogP contribution in [0.1, 0.15) is 30.3 Å².